The zero-order valence-electron chi connectivity index (χ0n) is 6.92. The molecule has 1 atom stereocenters. The second kappa shape index (κ2) is 4.11. The lowest BCUT2D eigenvalue weighted by Crippen LogP contribution is -2.07. The number of carbonyl (C=O) groups is 1. The molecule has 1 aromatic carbocycles. The van der Waals surface area contributed by atoms with Crippen molar-refractivity contribution in [3.8, 4) is 0 Å². The van der Waals surface area contributed by atoms with E-state index in [1.807, 2.05) is 0 Å². The van der Waals surface area contributed by atoms with E-state index in [9.17, 15) is 4.79 Å². The monoisotopic (exact) mass is 262 g/mol. The summed E-state index contributed by atoms with van der Waals surface area (Å²) in [4.78, 5) is 10.7. The molecular formula is C9H8BrClO2. The predicted octanol–water partition coefficient (Wildman–Crippen LogP) is 3.29. The predicted molar refractivity (Wildman–Crippen MR) is 55.2 cm³/mol. The van der Waals surface area contributed by atoms with Gasteiger partial charge in [0.25, 0.3) is 0 Å². The molecule has 13 heavy (non-hydrogen) atoms. The van der Waals surface area contributed by atoms with Gasteiger partial charge in [-0.2, -0.15) is 0 Å². The Morgan fingerprint density at radius 1 is 1.62 bits per heavy atom. The third kappa shape index (κ3) is 2.23. The summed E-state index contributed by atoms with van der Waals surface area (Å²) in [5.74, 6) is -1.45. The lowest BCUT2D eigenvalue weighted by Gasteiger charge is -2.09. The molecule has 1 rings (SSSR count). The first-order valence-corrected chi connectivity index (χ1v) is 4.88. The summed E-state index contributed by atoms with van der Waals surface area (Å²) in [5.41, 5.74) is 0.628. The van der Waals surface area contributed by atoms with Crippen molar-refractivity contribution in [1.82, 2.24) is 0 Å². The highest BCUT2D eigenvalue weighted by atomic mass is 79.9. The molecular weight excluding hydrogens is 255 g/mol. The quantitative estimate of drug-likeness (QED) is 0.889. The van der Waals surface area contributed by atoms with Gasteiger partial charge in [0.15, 0.2) is 0 Å². The summed E-state index contributed by atoms with van der Waals surface area (Å²) >= 11 is 9.16. The van der Waals surface area contributed by atoms with Crippen LogP contribution in [0.25, 0.3) is 0 Å². The Kier molecular flexibility index (Phi) is 3.33. The van der Waals surface area contributed by atoms with E-state index in [1.54, 1.807) is 25.1 Å². The maximum absolute atomic E-state index is 10.7. The van der Waals surface area contributed by atoms with Crippen molar-refractivity contribution in [2.45, 2.75) is 12.8 Å². The average molecular weight is 264 g/mol. The molecule has 70 valence electrons. The molecule has 0 spiro atoms. The summed E-state index contributed by atoms with van der Waals surface area (Å²) in [6.45, 7) is 1.61. The molecule has 0 aliphatic heterocycles. The first kappa shape index (κ1) is 10.5. The van der Waals surface area contributed by atoms with E-state index in [0.717, 1.165) is 4.47 Å². The van der Waals surface area contributed by atoms with Crippen molar-refractivity contribution in [1.29, 1.82) is 0 Å². The lowest BCUT2D eigenvalue weighted by molar-refractivity contribution is -0.138. The number of hydrogen-bond donors (Lipinski definition) is 1. The van der Waals surface area contributed by atoms with Crippen LogP contribution in [0.15, 0.2) is 22.7 Å². The van der Waals surface area contributed by atoms with Gasteiger partial charge >= 0.3 is 5.97 Å². The zero-order valence-corrected chi connectivity index (χ0v) is 9.26. The fourth-order valence-corrected chi connectivity index (χ4v) is 1.66. The number of carboxylic acid groups (broad SMARTS) is 1. The maximum Gasteiger partial charge on any atom is 0.310 e. The Morgan fingerprint density at radius 3 is 2.77 bits per heavy atom. The molecule has 0 radical (unpaired) electrons. The van der Waals surface area contributed by atoms with Gasteiger partial charge in [-0.1, -0.05) is 23.7 Å². The fourth-order valence-electron chi connectivity index (χ4n) is 0.988. The van der Waals surface area contributed by atoms with Crippen LogP contribution in [0.4, 0.5) is 0 Å². The fraction of sp³-hybridized carbons (Fsp3) is 0.222. The molecule has 1 unspecified atom stereocenters. The number of benzene rings is 1. The topological polar surface area (TPSA) is 37.3 Å². The molecule has 1 aromatic rings. The highest BCUT2D eigenvalue weighted by Crippen LogP contribution is 2.30. The van der Waals surface area contributed by atoms with Gasteiger partial charge < -0.3 is 5.11 Å². The summed E-state index contributed by atoms with van der Waals surface area (Å²) in [6.07, 6.45) is 0. The second-order valence-electron chi connectivity index (χ2n) is 2.70. The summed E-state index contributed by atoms with van der Waals surface area (Å²) in [6, 6.07) is 5.26. The lowest BCUT2D eigenvalue weighted by atomic mass is 10.0. The molecule has 4 heteroatoms. The van der Waals surface area contributed by atoms with Gasteiger partial charge in [-0.15, -0.1) is 0 Å². The Hall–Kier alpha value is -0.540. The molecule has 0 amide bonds. The van der Waals surface area contributed by atoms with Gasteiger partial charge in [0.1, 0.15) is 0 Å². The van der Waals surface area contributed by atoms with Gasteiger partial charge in [-0.3, -0.25) is 4.79 Å². The molecule has 0 fully saturated rings. The van der Waals surface area contributed by atoms with Crippen LogP contribution in [-0.4, -0.2) is 11.1 Å². The molecule has 0 saturated heterocycles. The van der Waals surface area contributed by atoms with Crippen molar-refractivity contribution < 1.29 is 9.90 Å². The summed E-state index contributed by atoms with van der Waals surface area (Å²) in [7, 11) is 0. The van der Waals surface area contributed by atoms with Crippen molar-refractivity contribution in [3.05, 3.63) is 33.3 Å². The SMILES string of the molecule is CC(C(=O)O)c1cccc(Br)c1Cl. The van der Waals surface area contributed by atoms with E-state index in [-0.39, 0.29) is 0 Å². The molecule has 1 N–H and O–H groups in total. The van der Waals surface area contributed by atoms with Crippen molar-refractivity contribution in [2.75, 3.05) is 0 Å². The first-order valence-electron chi connectivity index (χ1n) is 3.70. The highest BCUT2D eigenvalue weighted by Gasteiger charge is 2.17. The first-order chi connectivity index (χ1) is 6.04. The normalized spacial score (nSPS) is 12.5. The molecule has 0 aliphatic carbocycles. The maximum atomic E-state index is 10.7. The van der Waals surface area contributed by atoms with Crippen molar-refractivity contribution in [2.24, 2.45) is 0 Å². The Bertz CT molecular complexity index is 338. The number of carboxylic acids is 1. The van der Waals surface area contributed by atoms with E-state index in [4.69, 9.17) is 16.7 Å². The molecule has 0 aromatic heterocycles. The zero-order chi connectivity index (χ0) is 10.0. The van der Waals surface area contributed by atoms with Gasteiger partial charge in [0.2, 0.25) is 0 Å². The van der Waals surface area contributed by atoms with Crippen LogP contribution < -0.4 is 0 Å². The molecule has 0 aliphatic rings. The Balaban J connectivity index is 3.15. The minimum Gasteiger partial charge on any atom is -0.481 e. The number of rotatable bonds is 2. The minimum atomic E-state index is -0.875. The van der Waals surface area contributed by atoms with Gasteiger partial charge in [-0.05, 0) is 34.5 Å². The third-order valence-corrected chi connectivity index (χ3v) is 3.13. The van der Waals surface area contributed by atoms with Gasteiger partial charge in [0, 0.05) is 4.47 Å². The van der Waals surface area contributed by atoms with E-state index < -0.39 is 11.9 Å². The molecule has 2 nitrogen and oxygen atoms in total. The molecule has 0 bridgehead atoms. The van der Waals surface area contributed by atoms with Crippen molar-refractivity contribution >= 4 is 33.5 Å². The third-order valence-electron chi connectivity index (χ3n) is 1.82. The second-order valence-corrected chi connectivity index (χ2v) is 3.94. The summed E-state index contributed by atoms with van der Waals surface area (Å²) < 4.78 is 0.722. The molecule has 0 saturated carbocycles. The van der Waals surface area contributed by atoms with Crippen LogP contribution in [0.2, 0.25) is 5.02 Å². The molecule has 0 heterocycles. The number of hydrogen-bond acceptors (Lipinski definition) is 1. The number of halogens is 2. The highest BCUT2D eigenvalue weighted by molar-refractivity contribution is 9.10. The van der Waals surface area contributed by atoms with E-state index >= 15 is 0 Å². The van der Waals surface area contributed by atoms with Gasteiger partial charge in [-0.25, -0.2) is 0 Å². The van der Waals surface area contributed by atoms with Crippen molar-refractivity contribution in [3.63, 3.8) is 0 Å². The Labute approximate surface area is 89.7 Å². The largest absolute Gasteiger partial charge is 0.481 e. The standard InChI is InChI=1S/C9H8BrClO2/c1-5(9(12)13)6-3-2-4-7(10)8(6)11/h2-5H,1H3,(H,12,13). The van der Waals surface area contributed by atoms with Crippen LogP contribution >= 0.6 is 27.5 Å². The van der Waals surface area contributed by atoms with Crippen LogP contribution in [0.1, 0.15) is 18.4 Å². The van der Waals surface area contributed by atoms with E-state index in [2.05, 4.69) is 15.9 Å². The Morgan fingerprint density at radius 2 is 2.23 bits per heavy atom. The van der Waals surface area contributed by atoms with E-state index in [0.29, 0.717) is 10.6 Å². The van der Waals surface area contributed by atoms with E-state index in [1.165, 1.54) is 0 Å². The van der Waals surface area contributed by atoms with Crippen LogP contribution in [0, 0.1) is 0 Å². The number of aliphatic carboxylic acids is 1. The van der Waals surface area contributed by atoms with Crippen LogP contribution in [0.3, 0.4) is 0 Å². The van der Waals surface area contributed by atoms with Gasteiger partial charge in [0.05, 0.1) is 10.9 Å². The average Bonchev–Trinajstić information content (AvgIpc) is 2.08. The smallest absolute Gasteiger partial charge is 0.310 e. The van der Waals surface area contributed by atoms with Crippen LogP contribution in [-0.2, 0) is 4.79 Å². The minimum absolute atomic E-state index is 0.470. The summed E-state index contributed by atoms with van der Waals surface area (Å²) in [5, 5.41) is 9.25. The van der Waals surface area contributed by atoms with Crippen LogP contribution in [0.5, 0.6) is 0 Å².